The summed E-state index contributed by atoms with van der Waals surface area (Å²) in [6.45, 7) is 6.59. The molecular formula is C13H16FN3. The molecule has 0 radical (unpaired) electrons. The number of hydrogen-bond acceptors (Lipinski definition) is 2. The molecule has 0 aliphatic carbocycles. The average Bonchev–Trinajstić information content (AvgIpc) is 2.58. The zero-order valence-electron chi connectivity index (χ0n) is 10.3. The van der Waals surface area contributed by atoms with Gasteiger partial charge in [-0.2, -0.15) is 0 Å². The fraction of sp³-hybridized carbons (Fsp3) is 0.308. The van der Waals surface area contributed by atoms with Crippen molar-refractivity contribution in [2.24, 2.45) is 0 Å². The zero-order chi connectivity index (χ0) is 12.4. The van der Waals surface area contributed by atoms with Crippen LogP contribution >= 0.6 is 0 Å². The summed E-state index contributed by atoms with van der Waals surface area (Å²) < 4.78 is 15.3. The van der Waals surface area contributed by atoms with Gasteiger partial charge in [-0.3, -0.25) is 4.57 Å². The van der Waals surface area contributed by atoms with Crippen LogP contribution in [-0.4, -0.2) is 16.1 Å². The maximum atomic E-state index is 13.4. The van der Waals surface area contributed by atoms with Crippen LogP contribution in [0, 0.1) is 19.7 Å². The van der Waals surface area contributed by atoms with E-state index < -0.39 is 0 Å². The Morgan fingerprint density at radius 3 is 2.71 bits per heavy atom. The molecule has 1 heterocycles. The van der Waals surface area contributed by atoms with E-state index in [1.807, 2.05) is 37.6 Å². The van der Waals surface area contributed by atoms with Gasteiger partial charge in [-0.1, -0.05) is 0 Å². The number of imidazole rings is 1. The van der Waals surface area contributed by atoms with E-state index >= 15 is 0 Å². The van der Waals surface area contributed by atoms with Crippen molar-refractivity contribution in [2.45, 2.75) is 20.8 Å². The number of nitrogens with one attached hydrogen (secondary N) is 1. The molecule has 2 rings (SSSR count). The SMILES string of the molecule is CCNc1nc(C)cn1-c1cc(C)cc(F)c1. The number of nitrogens with zero attached hydrogens (tertiary/aromatic N) is 2. The van der Waals surface area contributed by atoms with Gasteiger partial charge in [-0.25, -0.2) is 9.37 Å². The van der Waals surface area contributed by atoms with Gasteiger partial charge in [0.1, 0.15) is 5.82 Å². The molecule has 1 aromatic heterocycles. The first-order valence-electron chi connectivity index (χ1n) is 5.67. The van der Waals surface area contributed by atoms with Gasteiger partial charge in [0.15, 0.2) is 0 Å². The number of aryl methyl sites for hydroxylation is 2. The van der Waals surface area contributed by atoms with E-state index in [4.69, 9.17) is 0 Å². The van der Waals surface area contributed by atoms with Crippen molar-refractivity contribution < 1.29 is 4.39 Å². The lowest BCUT2D eigenvalue weighted by molar-refractivity contribution is 0.625. The van der Waals surface area contributed by atoms with Crippen LogP contribution < -0.4 is 5.32 Å². The Morgan fingerprint density at radius 1 is 1.29 bits per heavy atom. The minimum absolute atomic E-state index is 0.228. The van der Waals surface area contributed by atoms with E-state index in [0.717, 1.165) is 29.4 Å². The van der Waals surface area contributed by atoms with Crippen molar-refractivity contribution in [2.75, 3.05) is 11.9 Å². The second-order valence-electron chi connectivity index (χ2n) is 4.09. The predicted molar refractivity (Wildman–Crippen MR) is 67.2 cm³/mol. The topological polar surface area (TPSA) is 29.9 Å². The highest BCUT2D eigenvalue weighted by Gasteiger charge is 2.07. The molecule has 0 amide bonds. The van der Waals surface area contributed by atoms with E-state index in [2.05, 4.69) is 10.3 Å². The third-order valence-corrected chi connectivity index (χ3v) is 2.47. The summed E-state index contributed by atoms with van der Waals surface area (Å²) in [6.07, 6.45) is 1.90. The van der Waals surface area contributed by atoms with Gasteiger partial charge in [0.05, 0.1) is 11.4 Å². The highest BCUT2D eigenvalue weighted by Crippen LogP contribution is 2.19. The molecule has 1 aromatic carbocycles. The second kappa shape index (κ2) is 4.57. The smallest absolute Gasteiger partial charge is 0.207 e. The lowest BCUT2D eigenvalue weighted by Crippen LogP contribution is -2.05. The first kappa shape index (κ1) is 11.6. The van der Waals surface area contributed by atoms with Gasteiger partial charge in [0.25, 0.3) is 0 Å². The molecule has 0 spiro atoms. The highest BCUT2D eigenvalue weighted by atomic mass is 19.1. The molecule has 2 aromatic rings. The summed E-state index contributed by atoms with van der Waals surface area (Å²) in [7, 11) is 0. The molecule has 0 fully saturated rings. The largest absolute Gasteiger partial charge is 0.356 e. The van der Waals surface area contributed by atoms with Crippen molar-refractivity contribution in [1.29, 1.82) is 0 Å². The summed E-state index contributed by atoms with van der Waals surface area (Å²) in [6, 6.07) is 4.96. The van der Waals surface area contributed by atoms with Gasteiger partial charge in [0.2, 0.25) is 5.95 Å². The molecule has 0 saturated carbocycles. The molecule has 3 nitrogen and oxygen atoms in total. The van der Waals surface area contributed by atoms with E-state index in [9.17, 15) is 4.39 Å². The first-order chi connectivity index (χ1) is 8.10. The van der Waals surface area contributed by atoms with Crippen LogP contribution in [0.2, 0.25) is 0 Å². The summed E-state index contributed by atoms with van der Waals surface area (Å²) >= 11 is 0. The van der Waals surface area contributed by atoms with Crippen LogP contribution in [0.1, 0.15) is 18.2 Å². The average molecular weight is 233 g/mol. The van der Waals surface area contributed by atoms with Crippen LogP contribution in [0.15, 0.2) is 24.4 Å². The van der Waals surface area contributed by atoms with Crippen molar-refractivity contribution in [3.8, 4) is 5.69 Å². The molecule has 4 heteroatoms. The predicted octanol–water partition coefficient (Wildman–Crippen LogP) is 3.06. The molecule has 0 saturated heterocycles. The van der Waals surface area contributed by atoms with Crippen molar-refractivity contribution >= 4 is 5.95 Å². The fourth-order valence-electron chi connectivity index (χ4n) is 1.83. The molecule has 0 aliphatic heterocycles. The van der Waals surface area contributed by atoms with Gasteiger partial charge in [-0.15, -0.1) is 0 Å². The Balaban J connectivity index is 2.51. The third kappa shape index (κ3) is 2.46. The van der Waals surface area contributed by atoms with E-state index in [1.165, 1.54) is 12.1 Å². The van der Waals surface area contributed by atoms with Gasteiger partial charge < -0.3 is 5.32 Å². The second-order valence-corrected chi connectivity index (χ2v) is 4.09. The Morgan fingerprint density at radius 2 is 2.06 bits per heavy atom. The van der Waals surface area contributed by atoms with Crippen LogP contribution in [0.4, 0.5) is 10.3 Å². The Bertz CT molecular complexity index is 511. The lowest BCUT2D eigenvalue weighted by atomic mass is 10.2. The minimum atomic E-state index is -0.228. The Kier molecular flexibility index (Phi) is 3.13. The summed E-state index contributed by atoms with van der Waals surface area (Å²) in [4.78, 5) is 4.37. The number of aromatic nitrogens is 2. The monoisotopic (exact) mass is 233 g/mol. The molecule has 0 atom stereocenters. The Hall–Kier alpha value is -1.84. The lowest BCUT2D eigenvalue weighted by Gasteiger charge is -2.09. The van der Waals surface area contributed by atoms with Crippen LogP contribution in [0.25, 0.3) is 5.69 Å². The van der Waals surface area contributed by atoms with Crippen LogP contribution in [0.5, 0.6) is 0 Å². The minimum Gasteiger partial charge on any atom is -0.356 e. The summed E-state index contributed by atoms with van der Waals surface area (Å²) in [5.74, 6) is 0.517. The summed E-state index contributed by atoms with van der Waals surface area (Å²) in [5.41, 5.74) is 2.59. The number of anilines is 1. The molecule has 0 aliphatic rings. The normalized spacial score (nSPS) is 10.6. The highest BCUT2D eigenvalue weighted by molar-refractivity contribution is 5.44. The van der Waals surface area contributed by atoms with Crippen molar-refractivity contribution in [3.05, 3.63) is 41.5 Å². The number of benzene rings is 1. The van der Waals surface area contributed by atoms with Gasteiger partial charge >= 0.3 is 0 Å². The van der Waals surface area contributed by atoms with E-state index in [-0.39, 0.29) is 5.82 Å². The molecule has 0 bridgehead atoms. The number of rotatable bonds is 3. The fourth-order valence-corrected chi connectivity index (χ4v) is 1.83. The number of halogens is 1. The molecule has 90 valence electrons. The van der Waals surface area contributed by atoms with Crippen LogP contribution in [0.3, 0.4) is 0 Å². The van der Waals surface area contributed by atoms with Gasteiger partial charge in [0, 0.05) is 12.7 Å². The molecule has 0 unspecified atom stereocenters. The van der Waals surface area contributed by atoms with Gasteiger partial charge in [-0.05, 0) is 44.5 Å². The van der Waals surface area contributed by atoms with E-state index in [1.54, 1.807) is 0 Å². The summed E-state index contributed by atoms with van der Waals surface area (Å²) in [5, 5.41) is 3.16. The zero-order valence-corrected chi connectivity index (χ0v) is 10.3. The number of hydrogen-bond donors (Lipinski definition) is 1. The Labute approximate surface area is 100 Å². The molecular weight excluding hydrogens is 217 g/mol. The van der Waals surface area contributed by atoms with E-state index in [0.29, 0.717) is 0 Å². The molecule has 1 N–H and O–H groups in total. The first-order valence-corrected chi connectivity index (χ1v) is 5.67. The quantitative estimate of drug-likeness (QED) is 0.883. The standard InChI is InChI=1S/C13H16FN3/c1-4-15-13-16-10(3)8-17(13)12-6-9(2)5-11(14)7-12/h5-8H,4H2,1-3H3,(H,15,16). The maximum absolute atomic E-state index is 13.4. The molecule has 17 heavy (non-hydrogen) atoms. The third-order valence-electron chi connectivity index (χ3n) is 2.47. The van der Waals surface area contributed by atoms with Crippen molar-refractivity contribution in [3.63, 3.8) is 0 Å². The maximum Gasteiger partial charge on any atom is 0.207 e. The van der Waals surface area contributed by atoms with Crippen LogP contribution in [-0.2, 0) is 0 Å². The van der Waals surface area contributed by atoms with Crippen molar-refractivity contribution in [1.82, 2.24) is 9.55 Å².